The summed E-state index contributed by atoms with van der Waals surface area (Å²) in [6.45, 7) is 14.5. The monoisotopic (exact) mass is 323 g/mol. The van der Waals surface area contributed by atoms with E-state index < -0.39 is 11.4 Å². The Morgan fingerprint density at radius 2 is 2.22 bits per heavy atom. The van der Waals surface area contributed by atoms with Crippen LogP contribution < -0.4 is 0 Å². The minimum absolute atomic E-state index is 0.107. The summed E-state index contributed by atoms with van der Waals surface area (Å²) in [7, 11) is 0. The molecule has 2 heterocycles. The minimum Gasteiger partial charge on any atom is -0.457 e. The zero-order valence-corrected chi connectivity index (χ0v) is 14.9. The van der Waals surface area contributed by atoms with Gasteiger partial charge in [0, 0.05) is 32.9 Å². The van der Waals surface area contributed by atoms with Crippen molar-refractivity contribution in [1.29, 1.82) is 0 Å². The SMILES string of the molecule is C=CC[C@@H]1CCN(C(=O)OC(C)(C)C)C[C@@H]1C1=COC(C)(C)O1. The van der Waals surface area contributed by atoms with Crippen LogP contribution in [0.25, 0.3) is 0 Å². The van der Waals surface area contributed by atoms with Gasteiger partial charge in [0.1, 0.15) is 17.6 Å². The van der Waals surface area contributed by atoms with Crippen LogP contribution >= 0.6 is 0 Å². The number of hydrogen-bond donors (Lipinski definition) is 0. The molecule has 23 heavy (non-hydrogen) atoms. The maximum absolute atomic E-state index is 12.4. The van der Waals surface area contributed by atoms with Gasteiger partial charge in [-0.05, 0) is 39.5 Å². The number of piperidine rings is 1. The van der Waals surface area contributed by atoms with E-state index in [0.29, 0.717) is 19.0 Å². The predicted molar refractivity (Wildman–Crippen MR) is 88.6 cm³/mol. The third-order valence-corrected chi connectivity index (χ3v) is 4.07. The molecule has 0 spiro atoms. The molecule has 1 amide bonds. The van der Waals surface area contributed by atoms with Crippen LogP contribution in [-0.4, -0.2) is 35.5 Å². The molecule has 130 valence electrons. The van der Waals surface area contributed by atoms with Crippen molar-refractivity contribution in [2.45, 2.75) is 58.8 Å². The van der Waals surface area contributed by atoms with Crippen molar-refractivity contribution in [1.82, 2.24) is 4.90 Å². The molecule has 5 nitrogen and oxygen atoms in total. The van der Waals surface area contributed by atoms with Gasteiger partial charge in [-0.25, -0.2) is 4.79 Å². The van der Waals surface area contributed by atoms with Crippen LogP contribution in [0.15, 0.2) is 24.7 Å². The first-order chi connectivity index (χ1) is 10.6. The standard InChI is InChI=1S/C18H29NO4/c1-7-8-13-9-10-19(16(20)23-17(2,3)4)11-14(13)15-12-21-18(5,6)22-15/h7,12-14H,1,8-11H2,2-6H3/t13-,14+/m1/s1. The maximum Gasteiger partial charge on any atom is 0.410 e. The van der Waals surface area contributed by atoms with Gasteiger partial charge in [-0.2, -0.15) is 0 Å². The molecule has 0 bridgehead atoms. The van der Waals surface area contributed by atoms with E-state index in [-0.39, 0.29) is 12.0 Å². The molecule has 0 saturated carbocycles. The molecule has 0 unspecified atom stereocenters. The van der Waals surface area contributed by atoms with Crippen molar-refractivity contribution in [2.24, 2.45) is 11.8 Å². The fourth-order valence-electron chi connectivity index (χ4n) is 3.01. The Labute approximate surface area is 139 Å². The molecule has 2 rings (SSSR count). The number of carbonyl (C=O) groups is 1. The Morgan fingerprint density at radius 3 is 2.74 bits per heavy atom. The lowest BCUT2D eigenvalue weighted by atomic mass is 9.82. The largest absolute Gasteiger partial charge is 0.457 e. The molecule has 0 radical (unpaired) electrons. The maximum atomic E-state index is 12.4. The highest BCUT2D eigenvalue weighted by Crippen LogP contribution is 2.38. The van der Waals surface area contributed by atoms with E-state index in [9.17, 15) is 4.79 Å². The number of likely N-dealkylation sites (tertiary alicyclic amines) is 1. The summed E-state index contributed by atoms with van der Waals surface area (Å²) in [5.74, 6) is 0.684. The first kappa shape index (κ1) is 17.7. The lowest BCUT2D eigenvalue weighted by Gasteiger charge is -2.39. The lowest BCUT2D eigenvalue weighted by molar-refractivity contribution is -0.124. The highest BCUT2D eigenvalue weighted by molar-refractivity contribution is 5.68. The Bertz CT molecular complexity index is 490. The molecular weight excluding hydrogens is 294 g/mol. The number of carbonyl (C=O) groups excluding carboxylic acids is 1. The zero-order chi connectivity index (χ0) is 17.3. The average molecular weight is 323 g/mol. The number of rotatable bonds is 3. The predicted octanol–water partition coefficient (Wildman–Crippen LogP) is 4.06. The first-order valence-electron chi connectivity index (χ1n) is 8.27. The number of allylic oxidation sites excluding steroid dienone is 1. The van der Waals surface area contributed by atoms with Crippen LogP contribution in [0.3, 0.4) is 0 Å². The van der Waals surface area contributed by atoms with Crippen LogP contribution in [0.2, 0.25) is 0 Å². The number of ether oxygens (including phenoxy) is 3. The van der Waals surface area contributed by atoms with Crippen molar-refractivity contribution >= 4 is 6.09 Å². The van der Waals surface area contributed by atoms with E-state index in [0.717, 1.165) is 18.6 Å². The highest BCUT2D eigenvalue weighted by Gasteiger charge is 2.40. The second-order valence-electron chi connectivity index (χ2n) is 7.75. The molecule has 0 aromatic rings. The first-order valence-corrected chi connectivity index (χ1v) is 8.27. The average Bonchev–Trinajstić information content (AvgIpc) is 2.77. The quantitative estimate of drug-likeness (QED) is 0.735. The van der Waals surface area contributed by atoms with Crippen LogP contribution in [0.4, 0.5) is 4.79 Å². The van der Waals surface area contributed by atoms with Gasteiger partial charge in [0.15, 0.2) is 0 Å². The van der Waals surface area contributed by atoms with Crippen LogP contribution in [0.5, 0.6) is 0 Å². The molecular formula is C18H29NO4. The normalized spacial score (nSPS) is 26.8. The van der Waals surface area contributed by atoms with Gasteiger partial charge in [0.05, 0.1) is 0 Å². The van der Waals surface area contributed by atoms with Crippen molar-refractivity contribution in [2.75, 3.05) is 13.1 Å². The molecule has 5 heteroatoms. The molecule has 0 aromatic carbocycles. The number of amides is 1. The Hall–Kier alpha value is -1.65. The fraction of sp³-hybridized carbons (Fsp3) is 0.722. The topological polar surface area (TPSA) is 48.0 Å². The van der Waals surface area contributed by atoms with E-state index in [2.05, 4.69) is 6.58 Å². The smallest absolute Gasteiger partial charge is 0.410 e. The van der Waals surface area contributed by atoms with E-state index in [4.69, 9.17) is 14.2 Å². The van der Waals surface area contributed by atoms with Crippen LogP contribution in [-0.2, 0) is 14.2 Å². The molecule has 1 fully saturated rings. The molecule has 2 atom stereocenters. The Kier molecular flexibility index (Phi) is 4.97. The summed E-state index contributed by atoms with van der Waals surface area (Å²) in [6, 6.07) is 0. The van der Waals surface area contributed by atoms with Gasteiger partial charge in [0.2, 0.25) is 5.79 Å². The summed E-state index contributed by atoms with van der Waals surface area (Å²) >= 11 is 0. The van der Waals surface area contributed by atoms with Crippen LogP contribution in [0, 0.1) is 11.8 Å². The number of nitrogens with zero attached hydrogens (tertiary/aromatic N) is 1. The van der Waals surface area contributed by atoms with Crippen molar-refractivity contribution in [3.05, 3.63) is 24.7 Å². The van der Waals surface area contributed by atoms with Gasteiger partial charge >= 0.3 is 6.09 Å². The summed E-state index contributed by atoms with van der Waals surface area (Å²) in [5, 5.41) is 0. The molecule has 0 aromatic heterocycles. The van der Waals surface area contributed by atoms with E-state index in [1.807, 2.05) is 40.7 Å². The van der Waals surface area contributed by atoms with Crippen molar-refractivity contribution in [3.8, 4) is 0 Å². The van der Waals surface area contributed by atoms with Crippen molar-refractivity contribution in [3.63, 3.8) is 0 Å². The van der Waals surface area contributed by atoms with Gasteiger partial charge in [-0.3, -0.25) is 0 Å². The zero-order valence-electron chi connectivity index (χ0n) is 14.9. The van der Waals surface area contributed by atoms with Gasteiger partial charge in [0.25, 0.3) is 0 Å². The van der Waals surface area contributed by atoms with E-state index in [1.165, 1.54) is 0 Å². The number of hydrogen-bond acceptors (Lipinski definition) is 4. The van der Waals surface area contributed by atoms with E-state index >= 15 is 0 Å². The molecule has 0 N–H and O–H groups in total. The van der Waals surface area contributed by atoms with Gasteiger partial charge in [-0.15, -0.1) is 6.58 Å². The minimum atomic E-state index is -0.637. The molecule has 1 saturated heterocycles. The van der Waals surface area contributed by atoms with Crippen LogP contribution in [0.1, 0.15) is 47.5 Å². The summed E-state index contributed by atoms with van der Waals surface area (Å²) in [5.41, 5.74) is -0.487. The Balaban J connectivity index is 2.09. The second kappa shape index (κ2) is 6.46. The third-order valence-electron chi connectivity index (χ3n) is 4.07. The summed E-state index contributed by atoms with van der Waals surface area (Å²) in [4.78, 5) is 14.1. The third kappa shape index (κ3) is 4.66. The molecule has 2 aliphatic rings. The van der Waals surface area contributed by atoms with Crippen molar-refractivity contribution < 1.29 is 19.0 Å². The fourth-order valence-corrected chi connectivity index (χ4v) is 3.01. The summed E-state index contributed by atoms with van der Waals surface area (Å²) in [6.07, 6.45) is 5.16. The second-order valence-corrected chi connectivity index (χ2v) is 7.75. The van der Waals surface area contributed by atoms with E-state index in [1.54, 1.807) is 11.2 Å². The molecule has 2 aliphatic heterocycles. The molecule has 0 aliphatic carbocycles. The summed E-state index contributed by atoms with van der Waals surface area (Å²) < 4.78 is 17.0. The van der Waals surface area contributed by atoms with Gasteiger partial charge < -0.3 is 19.1 Å². The Morgan fingerprint density at radius 1 is 1.52 bits per heavy atom. The van der Waals surface area contributed by atoms with Gasteiger partial charge in [-0.1, -0.05) is 6.08 Å². The highest BCUT2D eigenvalue weighted by atomic mass is 16.7. The lowest BCUT2D eigenvalue weighted by Crippen LogP contribution is -2.46.